The number of halogens is 6. The molecule has 0 atom stereocenters. The normalized spacial score (nSPS) is 11.9. The highest BCUT2D eigenvalue weighted by atomic mass is 19.4. The summed E-state index contributed by atoms with van der Waals surface area (Å²) in [6.45, 7) is 1.00. The van der Waals surface area contributed by atoms with Crippen molar-refractivity contribution in [1.29, 1.82) is 0 Å². The van der Waals surface area contributed by atoms with Gasteiger partial charge in [-0.25, -0.2) is 4.79 Å². The molecule has 0 heterocycles. The van der Waals surface area contributed by atoms with E-state index >= 15 is 0 Å². The van der Waals surface area contributed by atoms with Crippen LogP contribution >= 0.6 is 0 Å². The first-order valence-electron chi connectivity index (χ1n) is 3.65. The molecule has 4 nitrogen and oxygen atoms in total. The molecule has 94 valence electrons. The fourth-order valence-electron chi connectivity index (χ4n) is 0.491. The topological polar surface area (TPSA) is 47.9 Å². The van der Waals surface area contributed by atoms with Gasteiger partial charge >= 0.3 is 18.5 Å². The van der Waals surface area contributed by atoms with Gasteiger partial charge in [0.2, 0.25) is 0 Å². The Morgan fingerprint density at radius 3 is 1.88 bits per heavy atom. The first-order valence-corrected chi connectivity index (χ1v) is 3.65. The fourth-order valence-corrected chi connectivity index (χ4v) is 0.491. The molecule has 0 aromatic carbocycles. The van der Waals surface area contributed by atoms with Crippen LogP contribution in [-0.4, -0.2) is 30.8 Å². The number of nitrogens with zero attached hydrogens (tertiary/aromatic N) is 1. The van der Waals surface area contributed by atoms with Crippen LogP contribution in [0.15, 0.2) is 5.16 Å². The van der Waals surface area contributed by atoms with Gasteiger partial charge in [0.05, 0.1) is 6.61 Å². The van der Waals surface area contributed by atoms with Crippen molar-refractivity contribution in [2.45, 2.75) is 19.3 Å². The quantitative estimate of drug-likeness (QED) is 0.250. The summed E-state index contributed by atoms with van der Waals surface area (Å²) >= 11 is 0. The molecule has 0 unspecified atom stereocenters. The Hall–Kier alpha value is -1.48. The molecule has 0 N–H and O–H groups in total. The minimum absolute atomic E-state index is 0.276. The number of carbonyl (C=O) groups excluding carboxylic acids is 1. The number of rotatable bonds is 2. The van der Waals surface area contributed by atoms with Crippen LogP contribution in [0, 0.1) is 0 Å². The third-order valence-electron chi connectivity index (χ3n) is 1.01. The van der Waals surface area contributed by atoms with Crippen molar-refractivity contribution >= 4 is 11.9 Å². The maximum atomic E-state index is 11.8. The lowest BCUT2D eigenvalue weighted by molar-refractivity contribution is -0.121. The van der Waals surface area contributed by atoms with E-state index in [0.717, 1.165) is 0 Å². The second-order valence-corrected chi connectivity index (χ2v) is 2.21. The molecule has 0 aliphatic carbocycles. The van der Waals surface area contributed by atoms with E-state index in [9.17, 15) is 31.1 Å². The van der Waals surface area contributed by atoms with Crippen LogP contribution < -0.4 is 0 Å². The van der Waals surface area contributed by atoms with E-state index in [-0.39, 0.29) is 6.61 Å². The van der Waals surface area contributed by atoms with E-state index in [0.29, 0.717) is 0 Å². The molecule has 0 fully saturated rings. The summed E-state index contributed by atoms with van der Waals surface area (Å²) in [7, 11) is 0. The van der Waals surface area contributed by atoms with Gasteiger partial charge in [-0.3, -0.25) is 4.84 Å². The molecule has 0 rings (SSSR count). The molecule has 0 aliphatic rings. The van der Waals surface area contributed by atoms with Gasteiger partial charge in [-0.05, 0) is 6.92 Å². The third-order valence-corrected chi connectivity index (χ3v) is 1.01. The SMILES string of the molecule is CCOC(=O)ON=C(C(F)(F)F)C(F)(F)F. The number of carbonyl (C=O) groups is 1. The summed E-state index contributed by atoms with van der Waals surface area (Å²) in [4.78, 5) is 13.6. The lowest BCUT2D eigenvalue weighted by Gasteiger charge is -2.11. The number of ether oxygens (including phenoxy) is 1. The monoisotopic (exact) mass is 253 g/mol. The molecule has 0 spiro atoms. The van der Waals surface area contributed by atoms with Crippen LogP contribution in [0.2, 0.25) is 0 Å². The second-order valence-electron chi connectivity index (χ2n) is 2.21. The van der Waals surface area contributed by atoms with Gasteiger partial charge in [-0.1, -0.05) is 5.16 Å². The average Bonchev–Trinajstić information content (AvgIpc) is 1.99. The van der Waals surface area contributed by atoms with E-state index in [2.05, 4.69) is 9.57 Å². The first kappa shape index (κ1) is 14.5. The van der Waals surface area contributed by atoms with Gasteiger partial charge in [-0.15, -0.1) is 0 Å². The van der Waals surface area contributed by atoms with Crippen LogP contribution in [-0.2, 0) is 9.57 Å². The van der Waals surface area contributed by atoms with E-state index in [1.54, 1.807) is 5.16 Å². The standard InChI is InChI=1S/C6H5F6NO3/c1-2-15-4(14)16-13-3(5(7,8)9)6(10,11)12/h2H2,1H3. The summed E-state index contributed by atoms with van der Waals surface area (Å²) < 4.78 is 74.5. The number of hydrogen-bond acceptors (Lipinski definition) is 4. The smallest absolute Gasteiger partial charge is 0.433 e. The molecule has 0 aromatic heterocycles. The minimum atomic E-state index is -5.77. The van der Waals surface area contributed by atoms with E-state index in [1.165, 1.54) is 6.92 Å². The largest absolute Gasteiger partial charge is 0.535 e. The van der Waals surface area contributed by atoms with Gasteiger partial charge < -0.3 is 4.74 Å². The Morgan fingerprint density at radius 1 is 1.12 bits per heavy atom. The molecule has 0 aromatic rings. The third kappa shape index (κ3) is 4.84. The Morgan fingerprint density at radius 2 is 1.56 bits per heavy atom. The minimum Gasteiger partial charge on any atom is -0.433 e. The maximum absolute atomic E-state index is 11.8. The van der Waals surface area contributed by atoms with E-state index in [1.807, 2.05) is 0 Å². The number of hydrogen-bond donors (Lipinski definition) is 0. The zero-order valence-electron chi connectivity index (χ0n) is 7.65. The Labute approximate surface area is 84.8 Å². The second kappa shape index (κ2) is 5.03. The summed E-state index contributed by atoms with van der Waals surface area (Å²) in [6.07, 6.45) is -13.3. The molecule has 0 bridgehead atoms. The summed E-state index contributed by atoms with van der Waals surface area (Å²) in [5.41, 5.74) is -3.17. The molecule has 0 saturated carbocycles. The van der Waals surface area contributed by atoms with Crippen molar-refractivity contribution in [1.82, 2.24) is 0 Å². The molecule has 16 heavy (non-hydrogen) atoms. The van der Waals surface area contributed by atoms with Crippen LogP contribution in [0.1, 0.15) is 6.92 Å². The summed E-state index contributed by atoms with van der Waals surface area (Å²) in [5.74, 6) is 0. The molecule has 0 aliphatic heterocycles. The van der Waals surface area contributed by atoms with Crippen molar-refractivity contribution in [2.24, 2.45) is 5.16 Å². The maximum Gasteiger partial charge on any atom is 0.535 e. The molecular formula is C6H5F6NO3. The predicted molar refractivity (Wildman–Crippen MR) is 37.7 cm³/mol. The molecular weight excluding hydrogens is 248 g/mol. The van der Waals surface area contributed by atoms with Crippen molar-refractivity contribution in [3.8, 4) is 0 Å². The zero-order valence-corrected chi connectivity index (χ0v) is 7.65. The van der Waals surface area contributed by atoms with Crippen LogP contribution in [0.3, 0.4) is 0 Å². The van der Waals surface area contributed by atoms with Gasteiger partial charge in [0, 0.05) is 0 Å². The first-order chi connectivity index (χ1) is 7.09. The fraction of sp³-hybridized carbons (Fsp3) is 0.667. The van der Waals surface area contributed by atoms with Gasteiger partial charge in [-0.2, -0.15) is 26.3 Å². The highest BCUT2D eigenvalue weighted by Gasteiger charge is 2.54. The number of oxime groups is 1. The van der Waals surface area contributed by atoms with Crippen LogP contribution in [0.5, 0.6) is 0 Å². The van der Waals surface area contributed by atoms with Crippen molar-refractivity contribution < 1.29 is 40.7 Å². The summed E-state index contributed by atoms with van der Waals surface area (Å²) in [6, 6.07) is 0. The molecule has 0 saturated heterocycles. The zero-order chi connectivity index (χ0) is 13.0. The van der Waals surface area contributed by atoms with Crippen LogP contribution in [0.4, 0.5) is 31.1 Å². The number of alkyl halides is 6. The van der Waals surface area contributed by atoms with Crippen LogP contribution in [0.25, 0.3) is 0 Å². The van der Waals surface area contributed by atoms with Gasteiger partial charge in [0.1, 0.15) is 0 Å². The van der Waals surface area contributed by atoms with E-state index in [4.69, 9.17) is 0 Å². The lowest BCUT2D eigenvalue weighted by atomic mass is 10.3. The van der Waals surface area contributed by atoms with Crippen molar-refractivity contribution in [2.75, 3.05) is 6.61 Å². The highest BCUT2D eigenvalue weighted by molar-refractivity contribution is 5.94. The Kier molecular flexibility index (Phi) is 4.57. The highest BCUT2D eigenvalue weighted by Crippen LogP contribution is 2.30. The average molecular weight is 253 g/mol. The predicted octanol–water partition coefficient (Wildman–Crippen LogP) is 2.64. The van der Waals surface area contributed by atoms with Gasteiger partial charge in [0.25, 0.3) is 5.71 Å². The van der Waals surface area contributed by atoms with Crippen molar-refractivity contribution in [3.05, 3.63) is 0 Å². The Balaban J connectivity index is 4.80. The van der Waals surface area contributed by atoms with E-state index < -0.39 is 24.2 Å². The summed E-state index contributed by atoms with van der Waals surface area (Å²) in [5, 5.41) is 1.68. The van der Waals surface area contributed by atoms with Crippen molar-refractivity contribution in [3.63, 3.8) is 0 Å². The molecule has 10 heteroatoms. The Bertz CT molecular complexity index is 265. The lowest BCUT2D eigenvalue weighted by Crippen LogP contribution is -2.37. The molecule has 0 amide bonds. The van der Waals surface area contributed by atoms with Gasteiger partial charge in [0.15, 0.2) is 0 Å². The molecule has 0 radical (unpaired) electrons.